The lowest BCUT2D eigenvalue weighted by molar-refractivity contribution is -0.144. The summed E-state index contributed by atoms with van der Waals surface area (Å²) < 4.78 is 4.83. The van der Waals surface area contributed by atoms with Gasteiger partial charge >= 0.3 is 5.97 Å². The summed E-state index contributed by atoms with van der Waals surface area (Å²) in [7, 11) is 0. The molecule has 100 valence electrons. The molecule has 1 aromatic rings. The number of halogens is 2. The standard InChI is InChI=1S/C12H15Cl2NO2S/c1-2-17-12(16)11(15)7-18-6-8-3-4-9(13)10(14)5-8/h3-5,11H,2,6-7,15H2,1H3. The smallest absolute Gasteiger partial charge is 0.323 e. The summed E-state index contributed by atoms with van der Waals surface area (Å²) in [5.74, 6) is 0.877. The Morgan fingerprint density at radius 3 is 2.78 bits per heavy atom. The summed E-state index contributed by atoms with van der Waals surface area (Å²) in [5.41, 5.74) is 6.73. The second kappa shape index (κ2) is 7.89. The minimum atomic E-state index is -0.585. The van der Waals surface area contributed by atoms with E-state index in [0.717, 1.165) is 11.3 Å². The second-order valence-corrected chi connectivity index (χ2v) is 5.47. The Labute approximate surface area is 121 Å². The highest BCUT2D eigenvalue weighted by molar-refractivity contribution is 7.98. The molecule has 0 aliphatic heterocycles. The molecule has 0 saturated heterocycles. The monoisotopic (exact) mass is 307 g/mol. The number of carbonyl (C=O) groups is 1. The number of ether oxygens (including phenoxy) is 1. The molecule has 1 atom stereocenters. The summed E-state index contributed by atoms with van der Waals surface area (Å²) in [6.07, 6.45) is 0. The van der Waals surface area contributed by atoms with Gasteiger partial charge in [0.25, 0.3) is 0 Å². The van der Waals surface area contributed by atoms with Crippen LogP contribution in [0.5, 0.6) is 0 Å². The third-order valence-corrected chi connectivity index (χ3v) is 4.01. The molecule has 0 aliphatic carbocycles. The van der Waals surface area contributed by atoms with Crippen molar-refractivity contribution in [1.29, 1.82) is 0 Å². The number of rotatable bonds is 6. The van der Waals surface area contributed by atoms with Gasteiger partial charge in [0.15, 0.2) is 0 Å². The third kappa shape index (κ3) is 5.06. The van der Waals surface area contributed by atoms with E-state index in [0.29, 0.717) is 22.4 Å². The molecule has 0 heterocycles. The van der Waals surface area contributed by atoms with Gasteiger partial charge in [0.05, 0.1) is 16.7 Å². The summed E-state index contributed by atoms with van der Waals surface area (Å²) in [6, 6.07) is 4.88. The van der Waals surface area contributed by atoms with Crippen molar-refractivity contribution in [2.24, 2.45) is 5.73 Å². The molecule has 0 saturated carbocycles. The topological polar surface area (TPSA) is 52.3 Å². The average Bonchev–Trinajstić information content (AvgIpc) is 2.34. The third-order valence-electron chi connectivity index (χ3n) is 2.14. The lowest BCUT2D eigenvalue weighted by Crippen LogP contribution is -2.34. The Kier molecular flexibility index (Phi) is 6.86. The summed E-state index contributed by atoms with van der Waals surface area (Å²) >= 11 is 13.3. The molecule has 0 fully saturated rings. The van der Waals surface area contributed by atoms with Crippen molar-refractivity contribution in [2.75, 3.05) is 12.4 Å². The highest BCUT2D eigenvalue weighted by Crippen LogP contribution is 2.24. The molecule has 3 nitrogen and oxygen atoms in total. The molecule has 1 aromatic carbocycles. The molecule has 18 heavy (non-hydrogen) atoms. The largest absolute Gasteiger partial charge is 0.465 e. The van der Waals surface area contributed by atoms with Crippen molar-refractivity contribution in [1.82, 2.24) is 0 Å². The average molecular weight is 308 g/mol. The lowest BCUT2D eigenvalue weighted by atomic mass is 10.2. The summed E-state index contributed by atoms with van der Waals surface area (Å²) in [5, 5.41) is 1.07. The quantitative estimate of drug-likeness (QED) is 0.820. The van der Waals surface area contributed by atoms with E-state index in [1.54, 1.807) is 24.8 Å². The van der Waals surface area contributed by atoms with Crippen LogP contribution in [0.4, 0.5) is 0 Å². The number of thioether (sulfide) groups is 1. The zero-order valence-corrected chi connectivity index (χ0v) is 12.3. The Bertz CT molecular complexity index is 415. The Morgan fingerprint density at radius 2 is 2.17 bits per heavy atom. The van der Waals surface area contributed by atoms with Crippen LogP contribution >= 0.6 is 35.0 Å². The number of nitrogens with two attached hydrogens (primary N) is 1. The van der Waals surface area contributed by atoms with Crippen molar-refractivity contribution in [3.63, 3.8) is 0 Å². The Balaban J connectivity index is 2.37. The predicted octanol–water partition coefficient (Wildman–Crippen LogP) is 3.12. The van der Waals surface area contributed by atoms with Gasteiger partial charge in [-0.3, -0.25) is 4.79 Å². The number of benzene rings is 1. The molecule has 1 rings (SSSR count). The summed E-state index contributed by atoms with van der Waals surface area (Å²) in [4.78, 5) is 11.3. The number of hydrogen-bond acceptors (Lipinski definition) is 4. The van der Waals surface area contributed by atoms with Crippen LogP contribution in [0.15, 0.2) is 18.2 Å². The first-order valence-corrected chi connectivity index (χ1v) is 7.39. The van der Waals surface area contributed by atoms with Crippen LogP contribution in [0.1, 0.15) is 12.5 Å². The molecule has 6 heteroatoms. The van der Waals surface area contributed by atoms with E-state index in [2.05, 4.69) is 0 Å². The highest BCUT2D eigenvalue weighted by atomic mass is 35.5. The maximum Gasteiger partial charge on any atom is 0.323 e. The highest BCUT2D eigenvalue weighted by Gasteiger charge is 2.14. The Morgan fingerprint density at radius 1 is 1.44 bits per heavy atom. The van der Waals surface area contributed by atoms with E-state index < -0.39 is 6.04 Å². The summed E-state index contributed by atoms with van der Waals surface area (Å²) in [6.45, 7) is 2.11. The second-order valence-electron chi connectivity index (χ2n) is 3.62. The molecular formula is C12H15Cl2NO2S. The van der Waals surface area contributed by atoms with E-state index in [9.17, 15) is 4.79 Å². The van der Waals surface area contributed by atoms with Gasteiger partial charge in [0.1, 0.15) is 6.04 Å². The molecule has 0 bridgehead atoms. The molecule has 0 amide bonds. The van der Waals surface area contributed by atoms with Crippen LogP contribution < -0.4 is 5.73 Å². The maximum absolute atomic E-state index is 11.3. The molecule has 0 spiro atoms. The number of hydrogen-bond donors (Lipinski definition) is 1. The van der Waals surface area contributed by atoms with Gasteiger partial charge in [-0.25, -0.2) is 0 Å². The minimum Gasteiger partial charge on any atom is -0.465 e. The molecule has 0 aliphatic rings. The first-order valence-electron chi connectivity index (χ1n) is 5.48. The van der Waals surface area contributed by atoms with E-state index in [4.69, 9.17) is 33.7 Å². The minimum absolute atomic E-state index is 0.351. The number of carbonyl (C=O) groups excluding carboxylic acids is 1. The van der Waals surface area contributed by atoms with Crippen molar-refractivity contribution < 1.29 is 9.53 Å². The molecular weight excluding hydrogens is 293 g/mol. The van der Waals surface area contributed by atoms with E-state index in [1.165, 1.54) is 0 Å². The zero-order valence-electron chi connectivity index (χ0n) is 9.99. The van der Waals surface area contributed by atoms with E-state index >= 15 is 0 Å². The SMILES string of the molecule is CCOC(=O)C(N)CSCc1ccc(Cl)c(Cl)c1. The zero-order chi connectivity index (χ0) is 13.5. The maximum atomic E-state index is 11.3. The van der Waals surface area contributed by atoms with Gasteiger partial charge in [-0.1, -0.05) is 29.3 Å². The van der Waals surface area contributed by atoms with Gasteiger partial charge in [-0.2, -0.15) is 11.8 Å². The molecule has 0 radical (unpaired) electrons. The van der Waals surface area contributed by atoms with Crippen molar-refractivity contribution in [2.45, 2.75) is 18.7 Å². The first kappa shape index (κ1) is 15.6. The fourth-order valence-electron chi connectivity index (χ4n) is 1.25. The molecule has 0 aromatic heterocycles. The Hall–Kier alpha value is -0.420. The van der Waals surface area contributed by atoms with Gasteiger partial charge in [0.2, 0.25) is 0 Å². The van der Waals surface area contributed by atoms with Crippen LogP contribution in [0.25, 0.3) is 0 Å². The predicted molar refractivity (Wildman–Crippen MR) is 77.2 cm³/mol. The normalized spacial score (nSPS) is 12.2. The van der Waals surface area contributed by atoms with Crippen molar-refractivity contribution in [3.8, 4) is 0 Å². The van der Waals surface area contributed by atoms with Crippen LogP contribution in [0, 0.1) is 0 Å². The van der Waals surface area contributed by atoms with Crippen LogP contribution in [0.3, 0.4) is 0 Å². The molecule has 2 N–H and O–H groups in total. The van der Waals surface area contributed by atoms with Gasteiger partial charge in [0, 0.05) is 11.5 Å². The van der Waals surface area contributed by atoms with Crippen LogP contribution in [-0.2, 0) is 15.3 Å². The lowest BCUT2D eigenvalue weighted by Gasteiger charge is -2.10. The van der Waals surface area contributed by atoms with Crippen LogP contribution in [-0.4, -0.2) is 24.4 Å². The van der Waals surface area contributed by atoms with Gasteiger partial charge < -0.3 is 10.5 Å². The van der Waals surface area contributed by atoms with Crippen molar-refractivity contribution >= 4 is 40.9 Å². The van der Waals surface area contributed by atoms with E-state index in [-0.39, 0.29) is 5.97 Å². The number of esters is 1. The van der Waals surface area contributed by atoms with Gasteiger partial charge in [-0.15, -0.1) is 0 Å². The van der Waals surface area contributed by atoms with Crippen LogP contribution in [0.2, 0.25) is 10.0 Å². The van der Waals surface area contributed by atoms with E-state index in [1.807, 2.05) is 12.1 Å². The van der Waals surface area contributed by atoms with Gasteiger partial charge in [-0.05, 0) is 24.6 Å². The fraction of sp³-hybridized carbons (Fsp3) is 0.417. The first-order chi connectivity index (χ1) is 8.54. The van der Waals surface area contributed by atoms with Crippen molar-refractivity contribution in [3.05, 3.63) is 33.8 Å². The molecule has 1 unspecified atom stereocenters. The fourth-order valence-corrected chi connectivity index (χ4v) is 2.49.